The Kier molecular flexibility index (Phi) is 9.13. The van der Waals surface area contributed by atoms with Crippen molar-refractivity contribution >= 4 is 23.6 Å². The summed E-state index contributed by atoms with van der Waals surface area (Å²) in [4.78, 5) is 23.8. The second kappa shape index (κ2) is 11.8. The van der Waals surface area contributed by atoms with Gasteiger partial charge in [0.05, 0.1) is 19.8 Å². The first kappa shape index (κ1) is 24.0. The van der Waals surface area contributed by atoms with Gasteiger partial charge in [-0.05, 0) is 54.3 Å². The summed E-state index contributed by atoms with van der Waals surface area (Å²) in [5.41, 5.74) is 2.53. The summed E-state index contributed by atoms with van der Waals surface area (Å²) in [7, 11) is 1.60. The highest BCUT2D eigenvalue weighted by Gasteiger charge is 2.09. The molecule has 0 bridgehead atoms. The lowest BCUT2D eigenvalue weighted by atomic mass is 10.1. The molecule has 1 unspecified atom stereocenters. The van der Waals surface area contributed by atoms with Crippen molar-refractivity contribution in [1.82, 2.24) is 5.32 Å². The van der Waals surface area contributed by atoms with Crippen LogP contribution in [0.15, 0.2) is 48.5 Å². The second-order valence-corrected chi connectivity index (χ2v) is 7.70. The third-order valence-electron chi connectivity index (χ3n) is 4.56. The molecule has 0 saturated carbocycles. The molecule has 0 aliphatic rings. The van der Waals surface area contributed by atoms with Gasteiger partial charge in [-0.2, -0.15) is 0 Å². The number of methoxy groups -OCH3 is 1. The van der Waals surface area contributed by atoms with E-state index in [-0.39, 0.29) is 17.9 Å². The highest BCUT2D eigenvalue weighted by atomic mass is 16.5. The molecule has 6 heteroatoms. The number of hydrogen-bond acceptors (Lipinski definition) is 4. The zero-order valence-electron chi connectivity index (χ0n) is 18.9. The SMILES string of the molecule is CCC(=O)Nc1ccc(C(C)NC(=O)/C=C/c2ccc(OCC(C)C)c(OC)c2)cc1. The molecular formula is C25H32N2O4. The van der Waals surface area contributed by atoms with Crippen molar-refractivity contribution in [2.45, 2.75) is 40.2 Å². The van der Waals surface area contributed by atoms with Crippen LogP contribution in [0.4, 0.5) is 5.69 Å². The topological polar surface area (TPSA) is 76.7 Å². The molecule has 0 heterocycles. The molecule has 0 spiro atoms. The van der Waals surface area contributed by atoms with Gasteiger partial charge < -0.3 is 20.1 Å². The summed E-state index contributed by atoms with van der Waals surface area (Å²) in [6.45, 7) is 8.50. The van der Waals surface area contributed by atoms with E-state index < -0.39 is 0 Å². The Morgan fingerprint density at radius 3 is 2.35 bits per heavy atom. The normalized spacial score (nSPS) is 11.9. The Morgan fingerprint density at radius 2 is 1.74 bits per heavy atom. The maximum atomic E-state index is 12.3. The molecule has 2 amide bonds. The van der Waals surface area contributed by atoms with Crippen molar-refractivity contribution in [2.75, 3.05) is 19.0 Å². The van der Waals surface area contributed by atoms with Crippen molar-refractivity contribution in [3.05, 3.63) is 59.7 Å². The third-order valence-corrected chi connectivity index (χ3v) is 4.56. The van der Waals surface area contributed by atoms with Gasteiger partial charge in [-0.25, -0.2) is 0 Å². The fraction of sp³-hybridized carbons (Fsp3) is 0.360. The highest BCUT2D eigenvalue weighted by Crippen LogP contribution is 2.29. The van der Waals surface area contributed by atoms with Gasteiger partial charge in [-0.1, -0.05) is 39.0 Å². The van der Waals surface area contributed by atoms with E-state index in [1.807, 2.05) is 49.4 Å². The van der Waals surface area contributed by atoms with Gasteiger partial charge >= 0.3 is 0 Å². The first-order chi connectivity index (χ1) is 14.8. The van der Waals surface area contributed by atoms with E-state index in [4.69, 9.17) is 9.47 Å². The zero-order chi connectivity index (χ0) is 22.8. The number of rotatable bonds is 10. The summed E-state index contributed by atoms with van der Waals surface area (Å²) in [6, 6.07) is 12.8. The minimum Gasteiger partial charge on any atom is -0.493 e. The number of carbonyl (C=O) groups is 2. The van der Waals surface area contributed by atoms with E-state index in [9.17, 15) is 9.59 Å². The van der Waals surface area contributed by atoms with Crippen molar-refractivity contribution in [3.8, 4) is 11.5 Å². The van der Waals surface area contributed by atoms with Gasteiger partial charge in [0.25, 0.3) is 0 Å². The average molecular weight is 425 g/mol. The second-order valence-electron chi connectivity index (χ2n) is 7.70. The predicted octanol–water partition coefficient (Wildman–Crippen LogP) is 4.97. The van der Waals surface area contributed by atoms with Gasteiger partial charge in [0.1, 0.15) is 0 Å². The van der Waals surface area contributed by atoms with E-state index in [0.29, 0.717) is 30.4 Å². The lowest BCUT2D eigenvalue weighted by Gasteiger charge is -2.14. The van der Waals surface area contributed by atoms with E-state index in [0.717, 1.165) is 16.8 Å². The molecule has 166 valence electrons. The molecule has 0 aliphatic carbocycles. The zero-order valence-corrected chi connectivity index (χ0v) is 18.9. The van der Waals surface area contributed by atoms with E-state index >= 15 is 0 Å². The highest BCUT2D eigenvalue weighted by molar-refractivity contribution is 5.92. The van der Waals surface area contributed by atoms with Crippen LogP contribution in [0.3, 0.4) is 0 Å². The smallest absolute Gasteiger partial charge is 0.244 e. The Morgan fingerprint density at radius 1 is 1.03 bits per heavy atom. The summed E-state index contributed by atoms with van der Waals surface area (Å²) >= 11 is 0. The minimum absolute atomic E-state index is 0.0320. The molecule has 0 fully saturated rings. The van der Waals surface area contributed by atoms with Crippen molar-refractivity contribution in [3.63, 3.8) is 0 Å². The number of hydrogen-bond donors (Lipinski definition) is 2. The standard InChI is InChI=1S/C25H32N2O4/c1-6-24(28)27-21-11-9-20(10-12-21)18(4)26-25(29)14-8-19-7-13-22(23(15-19)30-5)31-16-17(2)3/h7-15,17-18H,6,16H2,1-5H3,(H,26,29)(H,27,28)/b14-8+. The van der Waals surface area contributed by atoms with Crippen LogP contribution in [-0.4, -0.2) is 25.5 Å². The maximum Gasteiger partial charge on any atom is 0.244 e. The van der Waals surface area contributed by atoms with Crippen LogP contribution in [0.2, 0.25) is 0 Å². The van der Waals surface area contributed by atoms with Gasteiger partial charge in [0, 0.05) is 18.2 Å². The molecule has 31 heavy (non-hydrogen) atoms. The Bertz CT molecular complexity index is 904. The largest absolute Gasteiger partial charge is 0.493 e. The van der Waals surface area contributed by atoms with Crippen LogP contribution in [-0.2, 0) is 9.59 Å². The lowest BCUT2D eigenvalue weighted by Crippen LogP contribution is -2.24. The van der Waals surface area contributed by atoms with Gasteiger partial charge in [0.2, 0.25) is 11.8 Å². The fourth-order valence-electron chi connectivity index (χ4n) is 2.78. The monoisotopic (exact) mass is 424 g/mol. The van der Waals surface area contributed by atoms with Crippen LogP contribution >= 0.6 is 0 Å². The van der Waals surface area contributed by atoms with Crippen LogP contribution in [0, 0.1) is 5.92 Å². The fourth-order valence-corrected chi connectivity index (χ4v) is 2.78. The number of anilines is 1. The van der Waals surface area contributed by atoms with Crippen LogP contribution < -0.4 is 20.1 Å². The Balaban J connectivity index is 1.96. The van der Waals surface area contributed by atoms with E-state index in [1.54, 1.807) is 20.1 Å². The molecule has 2 N–H and O–H groups in total. The third kappa shape index (κ3) is 7.81. The minimum atomic E-state index is -0.199. The van der Waals surface area contributed by atoms with Crippen LogP contribution in [0.1, 0.15) is 51.3 Å². The summed E-state index contributed by atoms with van der Waals surface area (Å²) < 4.78 is 11.2. The van der Waals surface area contributed by atoms with E-state index in [1.165, 1.54) is 6.08 Å². The molecule has 0 aliphatic heterocycles. The van der Waals surface area contributed by atoms with Gasteiger partial charge in [-0.3, -0.25) is 9.59 Å². The summed E-state index contributed by atoms with van der Waals surface area (Å²) in [5.74, 6) is 1.50. The van der Waals surface area contributed by atoms with Crippen LogP contribution in [0.25, 0.3) is 6.08 Å². The molecule has 1 atom stereocenters. The first-order valence-electron chi connectivity index (χ1n) is 10.5. The summed E-state index contributed by atoms with van der Waals surface area (Å²) in [6.07, 6.45) is 3.66. The van der Waals surface area contributed by atoms with Crippen molar-refractivity contribution < 1.29 is 19.1 Å². The maximum absolute atomic E-state index is 12.3. The Hall–Kier alpha value is -3.28. The molecule has 2 rings (SSSR count). The molecule has 0 saturated heterocycles. The van der Waals surface area contributed by atoms with E-state index in [2.05, 4.69) is 24.5 Å². The van der Waals surface area contributed by atoms with Crippen molar-refractivity contribution in [2.24, 2.45) is 5.92 Å². The quantitative estimate of drug-likeness (QED) is 0.528. The molecule has 6 nitrogen and oxygen atoms in total. The average Bonchev–Trinajstić information content (AvgIpc) is 2.76. The number of amides is 2. The number of carbonyl (C=O) groups excluding carboxylic acids is 2. The molecule has 2 aromatic rings. The first-order valence-corrected chi connectivity index (χ1v) is 10.5. The number of benzene rings is 2. The molecular weight excluding hydrogens is 392 g/mol. The molecule has 2 aromatic carbocycles. The van der Waals surface area contributed by atoms with Gasteiger partial charge in [-0.15, -0.1) is 0 Å². The van der Waals surface area contributed by atoms with Crippen LogP contribution in [0.5, 0.6) is 11.5 Å². The van der Waals surface area contributed by atoms with Crippen molar-refractivity contribution in [1.29, 1.82) is 0 Å². The predicted molar refractivity (Wildman–Crippen MR) is 124 cm³/mol. The molecule has 0 aromatic heterocycles. The number of ether oxygens (including phenoxy) is 2. The Labute approximate surface area is 184 Å². The van der Waals surface area contributed by atoms with Gasteiger partial charge in [0.15, 0.2) is 11.5 Å². The molecule has 0 radical (unpaired) electrons. The lowest BCUT2D eigenvalue weighted by molar-refractivity contribution is -0.117. The number of nitrogens with one attached hydrogen (secondary N) is 2. The summed E-state index contributed by atoms with van der Waals surface area (Å²) in [5, 5.41) is 5.75.